The molecule has 0 radical (unpaired) electrons. The van der Waals surface area contributed by atoms with E-state index in [-0.39, 0.29) is 13.2 Å². The smallest absolute Gasteiger partial charge is 0.411 e. The topological polar surface area (TPSA) is 87.1 Å². The van der Waals surface area contributed by atoms with Crippen LogP contribution >= 0.6 is 0 Å². The van der Waals surface area contributed by atoms with Crippen molar-refractivity contribution in [1.29, 1.82) is 0 Å². The molecule has 1 fully saturated rings. The van der Waals surface area contributed by atoms with Crippen LogP contribution < -0.4 is 0 Å². The fourth-order valence-electron chi connectivity index (χ4n) is 2.37. The van der Waals surface area contributed by atoms with Crippen LogP contribution in [0.3, 0.4) is 0 Å². The Morgan fingerprint density at radius 2 is 1.95 bits per heavy atom. The van der Waals surface area contributed by atoms with E-state index >= 15 is 0 Å². The van der Waals surface area contributed by atoms with Gasteiger partial charge in [-0.05, 0) is 18.4 Å². The third-order valence-corrected chi connectivity index (χ3v) is 3.41. The van der Waals surface area contributed by atoms with Gasteiger partial charge in [0.1, 0.15) is 12.6 Å². The van der Waals surface area contributed by atoms with Crippen LogP contribution in [0.1, 0.15) is 18.4 Å². The number of rotatable bonds is 4. The third-order valence-electron chi connectivity index (χ3n) is 3.41. The highest BCUT2D eigenvalue weighted by Gasteiger charge is 2.41. The summed E-state index contributed by atoms with van der Waals surface area (Å²) in [5.41, 5.74) is 0.826. The number of likely N-dealkylation sites (tertiary alicyclic amines) is 1. The molecule has 1 heterocycles. The first-order chi connectivity index (χ1) is 9.63. The van der Waals surface area contributed by atoms with Gasteiger partial charge in [-0.25, -0.2) is 9.59 Å². The monoisotopic (exact) mass is 279 g/mol. The fourth-order valence-corrected chi connectivity index (χ4v) is 2.37. The molecule has 0 bridgehead atoms. The summed E-state index contributed by atoms with van der Waals surface area (Å²) in [4.78, 5) is 24.3. The van der Waals surface area contributed by atoms with Crippen LogP contribution in [0.25, 0.3) is 0 Å². The molecule has 20 heavy (non-hydrogen) atoms. The molecule has 1 aromatic rings. The number of hydrogen-bond acceptors (Lipinski definition) is 4. The lowest BCUT2D eigenvalue weighted by Gasteiger charge is -2.26. The second kappa shape index (κ2) is 6.38. The number of hydrogen-bond donors (Lipinski definition) is 2. The number of benzene rings is 1. The van der Waals surface area contributed by atoms with Crippen molar-refractivity contribution in [3.8, 4) is 0 Å². The van der Waals surface area contributed by atoms with Gasteiger partial charge in [0.25, 0.3) is 0 Å². The van der Waals surface area contributed by atoms with Crippen molar-refractivity contribution in [2.24, 2.45) is 0 Å². The summed E-state index contributed by atoms with van der Waals surface area (Å²) in [5, 5.41) is 18.3. The highest BCUT2D eigenvalue weighted by Crippen LogP contribution is 2.25. The first-order valence-electron chi connectivity index (χ1n) is 6.46. The van der Waals surface area contributed by atoms with E-state index < -0.39 is 24.1 Å². The van der Waals surface area contributed by atoms with Gasteiger partial charge < -0.3 is 14.9 Å². The molecule has 1 aliphatic heterocycles. The van der Waals surface area contributed by atoms with E-state index in [1.165, 1.54) is 0 Å². The molecule has 0 spiro atoms. The molecular formula is C14H17NO5. The van der Waals surface area contributed by atoms with Gasteiger partial charge in [-0.2, -0.15) is 0 Å². The molecule has 2 unspecified atom stereocenters. The minimum atomic E-state index is -1.07. The van der Waals surface area contributed by atoms with Gasteiger partial charge in [0.2, 0.25) is 0 Å². The zero-order valence-electron chi connectivity index (χ0n) is 10.9. The lowest BCUT2D eigenvalue weighted by atomic mass is 10.2. The van der Waals surface area contributed by atoms with Crippen molar-refractivity contribution in [3.63, 3.8) is 0 Å². The quantitative estimate of drug-likeness (QED) is 0.865. The van der Waals surface area contributed by atoms with E-state index in [4.69, 9.17) is 9.84 Å². The average molecular weight is 279 g/mol. The van der Waals surface area contributed by atoms with Crippen LogP contribution in [0.2, 0.25) is 0 Å². The summed E-state index contributed by atoms with van der Waals surface area (Å²) >= 11 is 0. The zero-order valence-corrected chi connectivity index (χ0v) is 10.9. The van der Waals surface area contributed by atoms with Crippen LogP contribution in [0.15, 0.2) is 30.3 Å². The minimum Gasteiger partial charge on any atom is -0.480 e. The van der Waals surface area contributed by atoms with E-state index in [2.05, 4.69) is 0 Å². The number of carboxylic acids is 1. The minimum absolute atomic E-state index is 0.0840. The number of aliphatic hydroxyl groups excluding tert-OH is 1. The number of ether oxygens (including phenoxy) is 1. The number of nitrogens with zero attached hydrogens (tertiary/aromatic N) is 1. The summed E-state index contributed by atoms with van der Waals surface area (Å²) < 4.78 is 5.14. The van der Waals surface area contributed by atoms with Gasteiger partial charge in [0, 0.05) is 0 Å². The molecule has 2 N–H and O–H groups in total. The lowest BCUT2D eigenvalue weighted by molar-refractivity contribution is -0.142. The molecule has 6 nitrogen and oxygen atoms in total. The molecule has 0 aliphatic carbocycles. The molecule has 1 amide bonds. The van der Waals surface area contributed by atoms with Crippen molar-refractivity contribution in [2.45, 2.75) is 31.5 Å². The van der Waals surface area contributed by atoms with Crippen LogP contribution in [0.5, 0.6) is 0 Å². The van der Waals surface area contributed by atoms with Crippen molar-refractivity contribution in [2.75, 3.05) is 6.61 Å². The molecule has 6 heteroatoms. The molecule has 108 valence electrons. The first kappa shape index (κ1) is 14.3. The molecule has 2 rings (SSSR count). The molecule has 2 atom stereocenters. The molecule has 0 aromatic heterocycles. The molecule has 0 saturated carbocycles. The maximum Gasteiger partial charge on any atom is 0.411 e. The Morgan fingerprint density at radius 1 is 1.25 bits per heavy atom. The van der Waals surface area contributed by atoms with Gasteiger partial charge in [-0.3, -0.25) is 4.90 Å². The summed E-state index contributed by atoms with van der Waals surface area (Å²) in [6, 6.07) is 7.74. The van der Waals surface area contributed by atoms with Gasteiger partial charge in [0.05, 0.1) is 12.6 Å². The summed E-state index contributed by atoms with van der Waals surface area (Å²) in [6.45, 7) is -0.176. The highest BCUT2D eigenvalue weighted by atomic mass is 16.6. The van der Waals surface area contributed by atoms with Gasteiger partial charge in [-0.15, -0.1) is 0 Å². The van der Waals surface area contributed by atoms with Gasteiger partial charge in [0.15, 0.2) is 0 Å². The predicted octanol–water partition coefficient (Wildman–Crippen LogP) is 1.23. The number of carbonyl (C=O) groups excluding carboxylic acids is 1. The Hall–Kier alpha value is -2.08. The largest absolute Gasteiger partial charge is 0.480 e. The molecule has 1 aliphatic rings. The number of aliphatic hydroxyl groups is 1. The summed E-state index contributed by atoms with van der Waals surface area (Å²) in [7, 11) is 0. The molecule has 1 aromatic carbocycles. The fraction of sp³-hybridized carbons (Fsp3) is 0.429. The van der Waals surface area contributed by atoms with Crippen LogP contribution in [-0.2, 0) is 16.1 Å². The number of carboxylic acid groups (broad SMARTS) is 1. The van der Waals surface area contributed by atoms with E-state index in [0.29, 0.717) is 12.8 Å². The zero-order chi connectivity index (χ0) is 14.5. The Labute approximate surface area is 116 Å². The van der Waals surface area contributed by atoms with Crippen molar-refractivity contribution in [3.05, 3.63) is 35.9 Å². The normalized spacial score (nSPS) is 21.8. The lowest BCUT2D eigenvalue weighted by Crippen LogP contribution is -2.46. The maximum absolute atomic E-state index is 12.0. The second-order valence-corrected chi connectivity index (χ2v) is 4.72. The number of aliphatic carboxylic acids is 1. The van der Waals surface area contributed by atoms with Crippen LogP contribution in [0.4, 0.5) is 4.79 Å². The van der Waals surface area contributed by atoms with Crippen LogP contribution in [-0.4, -0.2) is 45.9 Å². The highest BCUT2D eigenvalue weighted by molar-refractivity contribution is 5.81. The number of carbonyl (C=O) groups is 2. The van der Waals surface area contributed by atoms with E-state index in [9.17, 15) is 14.7 Å². The Bertz CT molecular complexity index is 476. The second-order valence-electron chi connectivity index (χ2n) is 4.72. The van der Waals surface area contributed by atoms with Crippen molar-refractivity contribution in [1.82, 2.24) is 4.90 Å². The maximum atomic E-state index is 12.0. The SMILES string of the molecule is O=C(O)C1CCC(CO)N1C(=O)OCc1ccccc1. The summed E-state index contributed by atoms with van der Waals surface area (Å²) in [6.07, 6.45) is 0.104. The van der Waals surface area contributed by atoms with E-state index in [1.54, 1.807) is 0 Å². The standard InChI is InChI=1S/C14H17NO5/c16-8-11-6-7-12(13(17)18)15(11)14(19)20-9-10-4-2-1-3-5-10/h1-5,11-12,16H,6-9H2,(H,17,18). The van der Waals surface area contributed by atoms with Crippen molar-refractivity contribution >= 4 is 12.1 Å². The average Bonchev–Trinajstić information content (AvgIpc) is 2.90. The number of amides is 1. The molecular weight excluding hydrogens is 262 g/mol. The van der Waals surface area contributed by atoms with E-state index in [1.807, 2.05) is 30.3 Å². The Kier molecular flexibility index (Phi) is 4.57. The Morgan fingerprint density at radius 3 is 2.55 bits per heavy atom. The first-order valence-corrected chi connectivity index (χ1v) is 6.46. The van der Waals surface area contributed by atoms with Crippen molar-refractivity contribution < 1.29 is 24.5 Å². The van der Waals surface area contributed by atoms with Gasteiger partial charge >= 0.3 is 12.1 Å². The third kappa shape index (κ3) is 3.08. The van der Waals surface area contributed by atoms with Crippen LogP contribution in [0, 0.1) is 0 Å². The Balaban J connectivity index is 2.00. The van der Waals surface area contributed by atoms with E-state index in [0.717, 1.165) is 10.5 Å². The molecule has 1 saturated heterocycles. The summed E-state index contributed by atoms with van der Waals surface area (Å²) in [5.74, 6) is -1.07. The predicted molar refractivity (Wildman–Crippen MR) is 70.0 cm³/mol. The van der Waals surface area contributed by atoms with Gasteiger partial charge in [-0.1, -0.05) is 30.3 Å².